The van der Waals surface area contributed by atoms with Crippen LogP contribution >= 0.6 is 0 Å². The van der Waals surface area contributed by atoms with E-state index in [1.807, 2.05) is 0 Å². The molecule has 1 heteroatoms. The van der Waals surface area contributed by atoms with E-state index in [0.29, 0.717) is 0 Å². The molecule has 1 aliphatic heterocycles. The average Bonchev–Trinajstić information content (AvgIpc) is 2.14. The van der Waals surface area contributed by atoms with Crippen LogP contribution in [0, 0.1) is 6.42 Å². The molecule has 0 aromatic carbocycles. The molecule has 0 unspecified atom stereocenters. The van der Waals surface area contributed by atoms with E-state index >= 15 is 0 Å². The summed E-state index contributed by atoms with van der Waals surface area (Å²) in [4.78, 5) is 2.61. The van der Waals surface area contributed by atoms with E-state index in [9.17, 15) is 0 Å². The summed E-state index contributed by atoms with van der Waals surface area (Å²) in [6.07, 6.45) is 10.7. The first-order chi connectivity index (χ1) is 5.93. The van der Waals surface area contributed by atoms with E-state index in [2.05, 4.69) is 18.2 Å². The van der Waals surface area contributed by atoms with Crippen molar-refractivity contribution >= 4 is 0 Å². The Morgan fingerprint density at radius 3 is 2.50 bits per heavy atom. The van der Waals surface area contributed by atoms with Gasteiger partial charge in [0.05, 0.1) is 0 Å². The van der Waals surface area contributed by atoms with Gasteiger partial charge < -0.3 is 4.90 Å². The van der Waals surface area contributed by atoms with Crippen molar-refractivity contribution in [2.24, 2.45) is 0 Å². The van der Waals surface area contributed by atoms with Crippen molar-refractivity contribution in [3.05, 3.63) is 6.42 Å². The molecular formula is C11H22N. The normalized spacial score (nSPS) is 19.8. The third-order valence-electron chi connectivity index (χ3n) is 2.63. The van der Waals surface area contributed by atoms with Crippen LogP contribution in [0.5, 0.6) is 0 Å². The van der Waals surface area contributed by atoms with Gasteiger partial charge in [-0.25, -0.2) is 0 Å². The molecule has 1 saturated heterocycles. The topological polar surface area (TPSA) is 3.24 Å². The van der Waals surface area contributed by atoms with Crippen molar-refractivity contribution in [1.29, 1.82) is 0 Å². The highest BCUT2D eigenvalue weighted by Crippen LogP contribution is 2.09. The molecule has 71 valence electrons. The fraction of sp³-hybridized carbons (Fsp3) is 0.909. The highest BCUT2D eigenvalue weighted by Gasteiger charge is 2.08. The fourth-order valence-electron chi connectivity index (χ4n) is 1.79. The predicted molar refractivity (Wildman–Crippen MR) is 54.1 cm³/mol. The molecule has 1 rings (SSSR count). The first kappa shape index (κ1) is 10.0. The number of unbranched alkanes of at least 4 members (excludes halogenated alkanes) is 3. The molecule has 0 spiro atoms. The SMILES string of the molecule is CCCCCCN1CC[CH]CC1. The van der Waals surface area contributed by atoms with Crippen molar-refractivity contribution in [3.8, 4) is 0 Å². The molecule has 0 aromatic heterocycles. The van der Waals surface area contributed by atoms with Crippen LogP contribution < -0.4 is 0 Å². The van der Waals surface area contributed by atoms with Crippen molar-refractivity contribution < 1.29 is 0 Å². The summed E-state index contributed by atoms with van der Waals surface area (Å²) in [5.41, 5.74) is 0. The van der Waals surface area contributed by atoms with Crippen LogP contribution in [0.15, 0.2) is 0 Å². The Bertz CT molecular complexity index is 95.2. The molecule has 1 aliphatic rings. The zero-order chi connectivity index (χ0) is 8.65. The van der Waals surface area contributed by atoms with Crippen molar-refractivity contribution in [2.45, 2.75) is 45.4 Å². The molecule has 0 N–H and O–H groups in total. The van der Waals surface area contributed by atoms with E-state index < -0.39 is 0 Å². The van der Waals surface area contributed by atoms with Gasteiger partial charge in [0.1, 0.15) is 0 Å². The maximum Gasteiger partial charge on any atom is -0.00160 e. The van der Waals surface area contributed by atoms with Crippen LogP contribution in [0.2, 0.25) is 0 Å². The molecule has 0 aromatic rings. The van der Waals surface area contributed by atoms with Crippen LogP contribution in [0.25, 0.3) is 0 Å². The zero-order valence-corrected chi connectivity index (χ0v) is 8.39. The second-order valence-corrected chi connectivity index (χ2v) is 3.77. The lowest BCUT2D eigenvalue weighted by molar-refractivity contribution is 0.248. The summed E-state index contributed by atoms with van der Waals surface area (Å²) in [7, 11) is 0. The van der Waals surface area contributed by atoms with Gasteiger partial charge in [-0.1, -0.05) is 26.2 Å². The van der Waals surface area contributed by atoms with Crippen LogP contribution in [0.3, 0.4) is 0 Å². The fourth-order valence-corrected chi connectivity index (χ4v) is 1.79. The lowest BCUT2D eigenvalue weighted by Crippen LogP contribution is -2.30. The Balaban J connectivity index is 1.91. The van der Waals surface area contributed by atoms with Gasteiger partial charge in [-0.3, -0.25) is 0 Å². The third-order valence-corrected chi connectivity index (χ3v) is 2.63. The molecule has 0 saturated carbocycles. The Morgan fingerprint density at radius 2 is 1.83 bits per heavy atom. The average molecular weight is 168 g/mol. The predicted octanol–water partition coefficient (Wildman–Crippen LogP) is 2.87. The Morgan fingerprint density at radius 1 is 1.08 bits per heavy atom. The van der Waals surface area contributed by atoms with Crippen molar-refractivity contribution in [2.75, 3.05) is 19.6 Å². The first-order valence-corrected chi connectivity index (χ1v) is 5.47. The highest BCUT2D eigenvalue weighted by molar-refractivity contribution is 4.76. The number of rotatable bonds is 5. The summed E-state index contributed by atoms with van der Waals surface area (Å²) >= 11 is 0. The first-order valence-electron chi connectivity index (χ1n) is 5.47. The van der Waals surface area contributed by atoms with Gasteiger partial charge in [0.15, 0.2) is 0 Å². The second kappa shape index (κ2) is 6.47. The van der Waals surface area contributed by atoms with Gasteiger partial charge in [-0.2, -0.15) is 0 Å². The lowest BCUT2D eigenvalue weighted by atomic mass is 10.1. The van der Waals surface area contributed by atoms with E-state index in [1.54, 1.807) is 0 Å². The Kier molecular flexibility index (Phi) is 5.42. The summed E-state index contributed by atoms with van der Waals surface area (Å²) in [5, 5.41) is 0. The van der Waals surface area contributed by atoms with Gasteiger partial charge in [0.2, 0.25) is 0 Å². The number of nitrogens with zero attached hydrogens (tertiary/aromatic N) is 1. The Hall–Kier alpha value is -0.0400. The summed E-state index contributed by atoms with van der Waals surface area (Å²) in [6, 6.07) is 0. The number of piperidine rings is 1. The van der Waals surface area contributed by atoms with Gasteiger partial charge in [-0.15, -0.1) is 0 Å². The van der Waals surface area contributed by atoms with Crippen molar-refractivity contribution in [3.63, 3.8) is 0 Å². The van der Waals surface area contributed by atoms with Crippen LogP contribution in [0.1, 0.15) is 45.4 Å². The minimum atomic E-state index is 1.31. The standard InChI is InChI=1S/C11H22N/c1-2-3-4-6-9-12-10-7-5-8-11-12/h5H,2-4,6-11H2,1H3. The van der Waals surface area contributed by atoms with Crippen LogP contribution in [-0.2, 0) is 0 Å². The number of hydrogen-bond acceptors (Lipinski definition) is 1. The van der Waals surface area contributed by atoms with Crippen molar-refractivity contribution in [1.82, 2.24) is 4.90 Å². The molecule has 0 bridgehead atoms. The molecule has 0 atom stereocenters. The van der Waals surface area contributed by atoms with E-state index in [4.69, 9.17) is 0 Å². The minimum absolute atomic E-state index is 1.31. The Labute approximate surface area is 77.1 Å². The highest BCUT2D eigenvalue weighted by atomic mass is 15.1. The molecule has 0 amide bonds. The number of likely N-dealkylation sites (tertiary alicyclic amines) is 1. The van der Waals surface area contributed by atoms with Gasteiger partial charge in [0, 0.05) is 0 Å². The summed E-state index contributed by atoms with van der Waals surface area (Å²) < 4.78 is 0. The molecule has 1 heterocycles. The largest absolute Gasteiger partial charge is 0.303 e. The monoisotopic (exact) mass is 168 g/mol. The quantitative estimate of drug-likeness (QED) is 0.571. The molecule has 1 radical (unpaired) electrons. The zero-order valence-electron chi connectivity index (χ0n) is 8.39. The summed E-state index contributed by atoms with van der Waals surface area (Å²) in [5.74, 6) is 0. The molecule has 1 fully saturated rings. The van der Waals surface area contributed by atoms with Gasteiger partial charge in [0.25, 0.3) is 0 Å². The van der Waals surface area contributed by atoms with E-state index in [0.717, 1.165) is 0 Å². The molecule has 0 aliphatic carbocycles. The molecule has 1 nitrogen and oxygen atoms in total. The molecular weight excluding hydrogens is 146 g/mol. The maximum atomic E-state index is 2.61. The van der Waals surface area contributed by atoms with Crippen LogP contribution in [-0.4, -0.2) is 24.5 Å². The maximum absolute atomic E-state index is 2.61. The summed E-state index contributed by atoms with van der Waals surface area (Å²) in [6.45, 7) is 6.24. The third kappa shape index (κ3) is 4.10. The van der Waals surface area contributed by atoms with Gasteiger partial charge >= 0.3 is 0 Å². The number of hydrogen-bond donors (Lipinski definition) is 0. The van der Waals surface area contributed by atoms with Gasteiger partial charge in [-0.05, 0) is 45.3 Å². The van der Waals surface area contributed by atoms with E-state index in [-0.39, 0.29) is 0 Å². The second-order valence-electron chi connectivity index (χ2n) is 3.77. The van der Waals surface area contributed by atoms with E-state index in [1.165, 1.54) is 58.2 Å². The smallest absolute Gasteiger partial charge is 0.00160 e. The molecule has 12 heavy (non-hydrogen) atoms. The van der Waals surface area contributed by atoms with Crippen LogP contribution in [0.4, 0.5) is 0 Å². The minimum Gasteiger partial charge on any atom is -0.303 e. The lowest BCUT2D eigenvalue weighted by Gasteiger charge is -2.25.